The van der Waals surface area contributed by atoms with E-state index in [1.807, 2.05) is 19.1 Å². The zero-order valence-corrected chi connectivity index (χ0v) is 7.85. The lowest BCUT2D eigenvalue weighted by atomic mass is 10.0. The lowest BCUT2D eigenvalue weighted by Crippen LogP contribution is -2.14. The fourth-order valence-corrected chi connectivity index (χ4v) is 1.20. The van der Waals surface area contributed by atoms with Crippen molar-refractivity contribution in [2.75, 3.05) is 0 Å². The average Bonchev–Trinajstić information content (AvgIpc) is 1.94. The molecule has 2 heteroatoms. The van der Waals surface area contributed by atoms with Gasteiger partial charge in [0.15, 0.2) is 0 Å². The first-order chi connectivity index (χ1) is 5.59. The van der Waals surface area contributed by atoms with E-state index in [-0.39, 0.29) is 5.56 Å². The Morgan fingerprint density at radius 3 is 2.58 bits per heavy atom. The van der Waals surface area contributed by atoms with Crippen LogP contribution in [0.5, 0.6) is 0 Å². The Hall–Kier alpha value is -1.05. The van der Waals surface area contributed by atoms with E-state index in [1.165, 1.54) is 0 Å². The first-order valence-electron chi connectivity index (χ1n) is 4.28. The Bertz CT molecular complexity index is 312. The Kier molecular flexibility index (Phi) is 2.69. The molecule has 0 fully saturated rings. The van der Waals surface area contributed by atoms with Gasteiger partial charge < -0.3 is 4.98 Å². The Morgan fingerprint density at radius 1 is 1.42 bits per heavy atom. The number of nitrogens with one attached hydrogen (secondary N) is 1. The second-order valence-electron chi connectivity index (χ2n) is 3.59. The number of hydrogen-bond acceptors (Lipinski definition) is 1. The molecule has 0 bridgehead atoms. The van der Waals surface area contributed by atoms with Crippen molar-refractivity contribution >= 4 is 0 Å². The minimum Gasteiger partial charge on any atom is -0.326 e. The second kappa shape index (κ2) is 3.57. The van der Waals surface area contributed by atoms with Crippen LogP contribution in [-0.2, 0) is 6.42 Å². The summed E-state index contributed by atoms with van der Waals surface area (Å²) in [6.45, 7) is 6.11. The third-order valence-corrected chi connectivity index (χ3v) is 1.77. The van der Waals surface area contributed by atoms with Crippen LogP contribution in [-0.4, -0.2) is 4.98 Å². The van der Waals surface area contributed by atoms with E-state index in [0.29, 0.717) is 5.92 Å². The molecule has 1 rings (SSSR count). The zero-order valence-electron chi connectivity index (χ0n) is 7.85. The maximum absolute atomic E-state index is 11.3. The molecule has 0 radical (unpaired) electrons. The molecule has 0 spiro atoms. The van der Waals surface area contributed by atoms with Gasteiger partial charge in [-0.1, -0.05) is 19.9 Å². The zero-order chi connectivity index (χ0) is 9.14. The van der Waals surface area contributed by atoms with Crippen molar-refractivity contribution in [2.24, 2.45) is 5.92 Å². The van der Waals surface area contributed by atoms with Gasteiger partial charge in [-0.15, -0.1) is 0 Å². The lowest BCUT2D eigenvalue weighted by molar-refractivity contribution is 0.642. The fraction of sp³-hybridized carbons (Fsp3) is 0.500. The van der Waals surface area contributed by atoms with Crippen LogP contribution in [0.2, 0.25) is 0 Å². The largest absolute Gasteiger partial charge is 0.326 e. The molecule has 66 valence electrons. The van der Waals surface area contributed by atoms with Crippen molar-refractivity contribution < 1.29 is 0 Å². The highest BCUT2D eigenvalue weighted by Gasteiger charge is 2.01. The topological polar surface area (TPSA) is 32.9 Å². The molecule has 0 saturated carbocycles. The summed E-state index contributed by atoms with van der Waals surface area (Å²) < 4.78 is 0. The number of aryl methyl sites for hydroxylation is 1. The number of H-pyrrole nitrogens is 1. The molecule has 1 heterocycles. The quantitative estimate of drug-likeness (QED) is 0.713. The summed E-state index contributed by atoms with van der Waals surface area (Å²) in [6.07, 6.45) is 0.857. The standard InChI is InChI=1S/C10H15NO/c1-7(2)6-9-5-4-8(3)11-10(9)12/h4-5,7H,6H2,1-3H3,(H,11,12). The van der Waals surface area contributed by atoms with Crippen LogP contribution in [0.4, 0.5) is 0 Å². The highest BCUT2D eigenvalue weighted by atomic mass is 16.1. The highest BCUT2D eigenvalue weighted by molar-refractivity contribution is 5.13. The molecular weight excluding hydrogens is 150 g/mol. The number of aromatic amines is 1. The molecule has 1 N–H and O–H groups in total. The van der Waals surface area contributed by atoms with Gasteiger partial charge in [-0.2, -0.15) is 0 Å². The van der Waals surface area contributed by atoms with E-state index in [0.717, 1.165) is 17.7 Å². The Morgan fingerprint density at radius 2 is 2.08 bits per heavy atom. The van der Waals surface area contributed by atoms with Crippen molar-refractivity contribution in [1.29, 1.82) is 0 Å². The predicted molar refractivity (Wildman–Crippen MR) is 50.3 cm³/mol. The summed E-state index contributed by atoms with van der Waals surface area (Å²) in [5.74, 6) is 0.536. The molecule has 2 nitrogen and oxygen atoms in total. The average molecular weight is 165 g/mol. The predicted octanol–water partition coefficient (Wildman–Crippen LogP) is 1.88. The molecule has 0 aliphatic carbocycles. The minimum absolute atomic E-state index is 0.0590. The van der Waals surface area contributed by atoms with E-state index in [4.69, 9.17) is 0 Å². The van der Waals surface area contributed by atoms with Crippen LogP contribution in [0.25, 0.3) is 0 Å². The number of rotatable bonds is 2. The van der Waals surface area contributed by atoms with Crippen LogP contribution in [0.3, 0.4) is 0 Å². The van der Waals surface area contributed by atoms with Crippen LogP contribution in [0.1, 0.15) is 25.1 Å². The van der Waals surface area contributed by atoms with E-state index < -0.39 is 0 Å². The van der Waals surface area contributed by atoms with Crippen LogP contribution < -0.4 is 5.56 Å². The van der Waals surface area contributed by atoms with Crippen molar-refractivity contribution in [2.45, 2.75) is 27.2 Å². The van der Waals surface area contributed by atoms with Gasteiger partial charge in [0, 0.05) is 11.3 Å². The van der Waals surface area contributed by atoms with Gasteiger partial charge in [0.25, 0.3) is 5.56 Å². The smallest absolute Gasteiger partial charge is 0.251 e. The minimum atomic E-state index is 0.0590. The van der Waals surface area contributed by atoms with Gasteiger partial charge in [0.2, 0.25) is 0 Å². The third kappa shape index (κ3) is 2.22. The van der Waals surface area contributed by atoms with Crippen molar-refractivity contribution in [3.05, 3.63) is 33.7 Å². The maximum atomic E-state index is 11.3. The molecule has 0 aliphatic rings. The molecule has 1 aromatic rings. The molecular formula is C10H15NO. The van der Waals surface area contributed by atoms with E-state index >= 15 is 0 Å². The maximum Gasteiger partial charge on any atom is 0.251 e. The van der Waals surface area contributed by atoms with Crippen molar-refractivity contribution in [3.63, 3.8) is 0 Å². The molecule has 0 saturated heterocycles. The molecule has 0 unspecified atom stereocenters. The fourth-order valence-electron chi connectivity index (χ4n) is 1.20. The normalized spacial score (nSPS) is 10.7. The Labute approximate surface area is 72.6 Å². The molecule has 12 heavy (non-hydrogen) atoms. The summed E-state index contributed by atoms with van der Waals surface area (Å²) in [6, 6.07) is 3.85. The molecule has 0 aromatic carbocycles. The molecule has 0 atom stereocenters. The van der Waals surface area contributed by atoms with Crippen LogP contribution in [0, 0.1) is 12.8 Å². The van der Waals surface area contributed by atoms with Crippen molar-refractivity contribution in [3.8, 4) is 0 Å². The number of hydrogen-bond donors (Lipinski definition) is 1. The van der Waals surface area contributed by atoms with Gasteiger partial charge in [-0.05, 0) is 25.3 Å². The van der Waals surface area contributed by atoms with E-state index in [2.05, 4.69) is 18.8 Å². The SMILES string of the molecule is Cc1ccc(CC(C)C)c(=O)[nH]1. The van der Waals surface area contributed by atoms with Gasteiger partial charge in [0.05, 0.1) is 0 Å². The molecule has 0 aliphatic heterocycles. The molecule has 0 amide bonds. The first kappa shape index (κ1) is 9.04. The first-order valence-corrected chi connectivity index (χ1v) is 4.28. The number of pyridine rings is 1. The van der Waals surface area contributed by atoms with Gasteiger partial charge in [-0.25, -0.2) is 0 Å². The van der Waals surface area contributed by atoms with Crippen LogP contribution in [0.15, 0.2) is 16.9 Å². The lowest BCUT2D eigenvalue weighted by Gasteiger charge is -2.03. The van der Waals surface area contributed by atoms with Crippen LogP contribution >= 0.6 is 0 Å². The van der Waals surface area contributed by atoms with Gasteiger partial charge >= 0.3 is 0 Å². The van der Waals surface area contributed by atoms with Gasteiger partial charge in [0.1, 0.15) is 0 Å². The summed E-state index contributed by atoms with van der Waals surface area (Å²) in [4.78, 5) is 14.1. The Balaban J connectivity index is 2.94. The summed E-state index contributed by atoms with van der Waals surface area (Å²) in [7, 11) is 0. The number of aromatic nitrogens is 1. The summed E-state index contributed by atoms with van der Waals surface area (Å²) >= 11 is 0. The molecule has 1 aromatic heterocycles. The van der Waals surface area contributed by atoms with E-state index in [1.54, 1.807) is 0 Å². The van der Waals surface area contributed by atoms with E-state index in [9.17, 15) is 4.79 Å². The monoisotopic (exact) mass is 165 g/mol. The third-order valence-electron chi connectivity index (χ3n) is 1.77. The summed E-state index contributed by atoms with van der Waals surface area (Å²) in [5.41, 5.74) is 1.87. The highest BCUT2D eigenvalue weighted by Crippen LogP contribution is 2.02. The summed E-state index contributed by atoms with van der Waals surface area (Å²) in [5, 5.41) is 0. The van der Waals surface area contributed by atoms with Gasteiger partial charge in [-0.3, -0.25) is 4.79 Å². The second-order valence-corrected chi connectivity index (χ2v) is 3.59. The van der Waals surface area contributed by atoms with Crippen molar-refractivity contribution in [1.82, 2.24) is 4.98 Å².